The Hall–Kier alpha value is -2.74. The molecule has 3 rings (SSSR count). The second kappa shape index (κ2) is 6.29. The van der Waals surface area contributed by atoms with Crippen LogP contribution in [0, 0.1) is 16.7 Å². The molecule has 1 aliphatic rings. The van der Waals surface area contributed by atoms with Gasteiger partial charge in [-0.3, -0.25) is 19.8 Å². The van der Waals surface area contributed by atoms with Crippen LogP contribution in [0.25, 0.3) is 5.52 Å². The van der Waals surface area contributed by atoms with E-state index in [4.69, 9.17) is 16.3 Å². The van der Waals surface area contributed by atoms with E-state index in [1.807, 2.05) is 6.07 Å². The summed E-state index contributed by atoms with van der Waals surface area (Å²) in [6, 6.07) is 3.01. The number of hydrogen-bond acceptors (Lipinski definition) is 8. The van der Waals surface area contributed by atoms with Crippen LogP contribution in [0.4, 0.5) is 0 Å². The number of fused-ring (bicyclic) bond motifs is 1. The maximum absolute atomic E-state index is 11.3. The van der Waals surface area contributed by atoms with Crippen molar-refractivity contribution in [3.8, 4) is 6.07 Å². The Morgan fingerprint density at radius 1 is 1.72 bits per heavy atom. The molecule has 1 fully saturated rings. The number of nitrogens with zero attached hydrogens (tertiary/aromatic N) is 3. The molecule has 0 radical (unpaired) electrons. The molecule has 0 spiro atoms. The summed E-state index contributed by atoms with van der Waals surface area (Å²) in [5.74, 6) is -0.510. The fourth-order valence-corrected chi connectivity index (χ4v) is 2.77. The molecule has 0 aliphatic carbocycles. The molecule has 3 heterocycles. The van der Waals surface area contributed by atoms with Crippen LogP contribution in [0.15, 0.2) is 18.4 Å². The second-order valence-corrected chi connectivity index (χ2v) is 5.57. The fraction of sp³-hybridized carbons (Fsp3) is 0.467. The van der Waals surface area contributed by atoms with E-state index in [0.29, 0.717) is 0 Å². The molecule has 1 saturated heterocycles. The third-order valence-electron chi connectivity index (χ3n) is 4.12. The van der Waals surface area contributed by atoms with Crippen LogP contribution in [-0.2, 0) is 19.9 Å². The van der Waals surface area contributed by atoms with Gasteiger partial charge in [-0.25, -0.2) is 4.98 Å². The van der Waals surface area contributed by atoms with Crippen molar-refractivity contribution < 1.29 is 25.9 Å². The van der Waals surface area contributed by atoms with Gasteiger partial charge in [0.1, 0.15) is 42.8 Å². The highest BCUT2D eigenvalue weighted by atomic mass is 16.6. The average molecular weight is 348 g/mol. The van der Waals surface area contributed by atoms with Crippen molar-refractivity contribution in [1.82, 2.24) is 14.6 Å². The second-order valence-electron chi connectivity index (χ2n) is 5.57. The molecule has 2 aromatic heterocycles. The van der Waals surface area contributed by atoms with E-state index < -0.39 is 29.9 Å². The van der Waals surface area contributed by atoms with Crippen LogP contribution in [0.2, 0.25) is 0 Å². The van der Waals surface area contributed by atoms with Crippen LogP contribution in [0.5, 0.6) is 0 Å². The maximum Gasteiger partial charge on any atom is 0.305 e. The monoisotopic (exact) mass is 348 g/mol. The van der Waals surface area contributed by atoms with Crippen LogP contribution in [0.3, 0.4) is 0 Å². The maximum atomic E-state index is 11.3. The molecular formula is C15H17N5O5. The molecule has 10 nitrogen and oxygen atoms in total. The van der Waals surface area contributed by atoms with Crippen molar-refractivity contribution in [2.75, 3.05) is 6.61 Å². The molecule has 4 atom stereocenters. The minimum atomic E-state index is -2.02. The molecule has 0 bridgehead atoms. The number of rotatable bonds is 4. The fourth-order valence-electron chi connectivity index (χ4n) is 2.77. The zero-order chi connectivity index (χ0) is 19.1. The van der Waals surface area contributed by atoms with Gasteiger partial charge in [0.2, 0.25) is 5.60 Å². The largest absolute Gasteiger partial charge is 0.463 e. The van der Waals surface area contributed by atoms with E-state index in [2.05, 4.69) is 10.1 Å². The van der Waals surface area contributed by atoms with Gasteiger partial charge in [-0.2, -0.15) is 5.26 Å². The number of esters is 1. The lowest BCUT2D eigenvalue weighted by Crippen LogP contribution is -2.41. The minimum absolute atomic E-state index is 0.0340. The van der Waals surface area contributed by atoms with E-state index in [-0.39, 0.29) is 35.8 Å². The van der Waals surface area contributed by atoms with Gasteiger partial charge < -0.3 is 19.7 Å². The Morgan fingerprint density at radius 3 is 3.16 bits per heavy atom. The van der Waals surface area contributed by atoms with Gasteiger partial charge in [0.15, 0.2) is 5.49 Å². The Kier molecular flexibility index (Phi) is 3.96. The van der Waals surface area contributed by atoms with E-state index >= 15 is 0 Å². The van der Waals surface area contributed by atoms with Gasteiger partial charge in [0.25, 0.3) is 0 Å². The number of carbonyl (C=O) groups excluding carboxylic acids is 1. The zero-order valence-corrected chi connectivity index (χ0v) is 13.3. The first-order valence-corrected chi connectivity index (χ1v) is 7.57. The number of aromatic amines is 1. The van der Waals surface area contributed by atoms with Gasteiger partial charge in [-0.1, -0.05) is 6.92 Å². The Morgan fingerprint density at radius 2 is 2.48 bits per heavy atom. The lowest BCUT2D eigenvalue weighted by molar-refractivity contribution is -0.150. The predicted molar refractivity (Wildman–Crippen MR) is 80.8 cm³/mol. The Labute approximate surface area is 143 Å². The minimum Gasteiger partial charge on any atom is -0.463 e. The first-order valence-electron chi connectivity index (χ1n) is 8.07. The van der Waals surface area contributed by atoms with Crippen LogP contribution >= 0.6 is 0 Å². The number of nitriles is 1. The molecular weight excluding hydrogens is 330 g/mol. The van der Waals surface area contributed by atoms with Gasteiger partial charge in [-0.15, -0.1) is 0 Å². The topological polar surface area (TPSA) is 157 Å². The van der Waals surface area contributed by atoms with Crippen molar-refractivity contribution in [2.24, 2.45) is 0 Å². The standard InChI is InChI=1S/C15H17N5O5/c1-2-11(21)24-5-9-12(22)13(23)15(6-16,25-9)10-4-3-8-14(17)18-7-19-20(8)10/h3-4,7,9,12-13,22-23H,2,5H2,1H3,(H2,17,18,19)/t9-,12-,13-,15+/m1/s1/i3D. The van der Waals surface area contributed by atoms with Crippen molar-refractivity contribution >= 4 is 11.5 Å². The van der Waals surface area contributed by atoms with Gasteiger partial charge in [-0.05, 0) is 12.1 Å². The van der Waals surface area contributed by atoms with Crippen LogP contribution < -0.4 is 5.49 Å². The molecule has 2 aromatic rings. The molecule has 0 unspecified atom stereocenters. The summed E-state index contributed by atoms with van der Waals surface area (Å²) in [4.78, 5) is 15.1. The molecule has 132 valence electrons. The van der Waals surface area contributed by atoms with Gasteiger partial charge in [0, 0.05) is 6.42 Å². The quantitative estimate of drug-likeness (QED) is 0.513. The Bertz CT molecular complexity index is 950. The molecule has 0 aromatic carbocycles. The summed E-state index contributed by atoms with van der Waals surface area (Å²) in [5, 5.41) is 41.0. The molecule has 10 heteroatoms. The third kappa shape index (κ3) is 2.58. The Balaban J connectivity index is 2.05. The number of hydrogen-bond donors (Lipinski definition) is 4. The molecule has 0 saturated carbocycles. The van der Waals surface area contributed by atoms with Gasteiger partial charge >= 0.3 is 5.97 Å². The normalized spacial score (nSPS) is 29.4. The summed E-state index contributed by atoms with van der Waals surface area (Å²) in [6.45, 7) is 1.27. The summed E-state index contributed by atoms with van der Waals surface area (Å²) >= 11 is 0. The smallest absolute Gasteiger partial charge is 0.305 e. The highest BCUT2D eigenvalue weighted by Gasteiger charge is 2.57. The van der Waals surface area contributed by atoms with E-state index in [0.717, 1.165) is 0 Å². The number of aromatic nitrogens is 3. The lowest BCUT2D eigenvalue weighted by atomic mass is 9.92. The van der Waals surface area contributed by atoms with E-state index in [1.165, 1.54) is 16.9 Å². The van der Waals surface area contributed by atoms with Crippen LogP contribution in [-0.4, -0.2) is 55.7 Å². The molecule has 1 aliphatic heterocycles. The van der Waals surface area contributed by atoms with Crippen LogP contribution in [0.1, 0.15) is 20.4 Å². The lowest BCUT2D eigenvalue weighted by Gasteiger charge is -2.24. The molecule has 25 heavy (non-hydrogen) atoms. The predicted octanol–water partition coefficient (Wildman–Crippen LogP) is -1.07. The average Bonchev–Trinajstić information content (AvgIpc) is 3.10. The van der Waals surface area contributed by atoms with E-state index in [9.17, 15) is 20.3 Å². The van der Waals surface area contributed by atoms with Crippen molar-refractivity contribution in [2.45, 2.75) is 37.3 Å². The molecule has 4 N–H and O–H groups in total. The molecule has 0 amide bonds. The number of aliphatic hydroxyl groups is 2. The summed E-state index contributed by atoms with van der Waals surface area (Å²) in [7, 11) is 0. The zero-order valence-electron chi connectivity index (χ0n) is 14.3. The van der Waals surface area contributed by atoms with Gasteiger partial charge in [0.05, 0.1) is 7.06 Å². The first kappa shape index (κ1) is 15.8. The SMILES string of the molecule is [2H]c1cc([C@]2(C#N)O[C@H](COC(=O)CC)[C@@H](O)[C@H]2O)n2[nH]cnc(=N)c12. The number of ether oxygens (including phenoxy) is 2. The van der Waals surface area contributed by atoms with Crippen molar-refractivity contribution in [3.05, 3.63) is 29.6 Å². The highest BCUT2D eigenvalue weighted by Crippen LogP contribution is 2.39. The summed E-state index contributed by atoms with van der Waals surface area (Å²) < 4.78 is 19.8. The highest BCUT2D eigenvalue weighted by molar-refractivity contribution is 5.68. The van der Waals surface area contributed by atoms with Crippen molar-refractivity contribution in [3.63, 3.8) is 0 Å². The summed E-state index contributed by atoms with van der Waals surface area (Å²) in [5.41, 5.74) is -2.10. The number of nitrogens with one attached hydrogen (secondary N) is 2. The number of carbonyl (C=O) groups is 1. The third-order valence-corrected chi connectivity index (χ3v) is 4.12. The first-order chi connectivity index (χ1) is 12.4. The summed E-state index contributed by atoms with van der Waals surface area (Å²) in [6.07, 6.45) is -2.95. The van der Waals surface area contributed by atoms with Crippen molar-refractivity contribution in [1.29, 1.82) is 10.7 Å². The number of H-pyrrole nitrogens is 1. The number of aliphatic hydroxyl groups excluding tert-OH is 2. The van der Waals surface area contributed by atoms with E-state index in [1.54, 1.807) is 6.92 Å².